The van der Waals surface area contributed by atoms with E-state index in [0.29, 0.717) is 5.56 Å². The van der Waals surface area contributed by atoms with Gasteiger partial charge in [0.2, 0.25) is 0 Å². The first kappa shape index (κ1) is 16.2. The van der Waals surface area contributed by atoms with Crippen LogP contribution in [0.2, 0.25) is 0 Å². The van der Waals surface area contributed by atoms with Crippen molar-refractivity contribution in [3.63, 3.8) is 0 Å². The molecule has 0 amide bonds. The van der Waals surface area contributed by atoms with Crippen LogP contribution in [0.5, 0.6) is 0 Å². The van der Waals surface area contributed by atoms with Gasteiger partial charge in [0.25, 0.3) is 0 Å². The van der Waals surface area contributed by atoms with Gasteiger partial charge in [0.15, 0.2) is 0 Å². The molecule has 0 aliphatic carbocycles. The van der Waals surface area contributed by atoms with Crippen LogP contribution >= 0.6 is 0 Å². The predicted octanol–water partition coefficient (Wildman–Crippen LogP) is 4.59. The highest BCUT2D eigenvalue weighted by molar-refractivity contribution is 5.84. The van der Waals surface area contributed by atoms with Crippen molar-refractivity contribution in [2.75, 3.05) is 18.0 Å². The Morgan fingerprint density at radius 3 is 2.77 bits per heavy atom. The Balaban J connectivity index is 1.48. The zero-order chi connectivity index (χ0) is 17.9. The van der Waals surface area contributed by atoms with Gasteiger partial charge in [-0.3, -0.25) is 0 Å². The summed E-state index contributed by atoms with van der Waals surface area (Å²) in [5, 5.41) is 10.1. The number of hydrogen-bond donors (Lipinski definition) is 1. The molecule has 1 N–H and O–H groups in total. The van der Waals surface area contributed by atoms with Crippen LogP contribution < -0.4 is 4.90 Å². The summed E-state index contributed by atoms with van der Waals surface area (Å²) >= 11 is 0. The van der Waals surface area contributed by atoms with E-state index in [1.165, 1.54) is 22.2 Å². The second-order valence-electron chi connectivity index (χ2n) is 6.55. The number of nitrogens with one attached hydrogen (secondary N) is 1. The number of anilines is 1. The SMILES string of the molecule is Cc1c(N2CC=C(C=Cc3ccc(C#N)cc3)CC2)cnc2[nH]ccc12. The second kappa shape index (κ2) is 6.89. The summed E-state index contributed by atoms with van der Waals surface area (Å²) in [7, 11) is 0. The molecule has 26 heavy (non-hydrogen) atoms. The van der Waals surface area contributed by atoms with Gasteiger partial charge in [0.1, 0.15) is 5.65 Å². The minimum atomic E-state index is 0.693. The summed E-state index contributed by atoms with van der Waals surface area (Å²) in [5.74, 6) is 0. The van der Waals surface area contributed by atoms with E-state index < -0.39 is 0 Å². The number of aromatic nitrogens is 2. The van der Waals surface area contributed by atoms with Crippen LogP contribution in [0.25, 0.3) is 17.1 Å². The maximum Gasteiger partial charge on any atom is 0.137 e. The third-order valence-corrected chi connectivity index (χ3v) is 4.94. The smallest absolute Gasteiger partial charge is 0.137 e. The molecule has 4 nitrogen and oxygen atoms in total. The van der Waals surface area contributed by atoms with Crippen LogP contribution in [0.3, 0.4) is 0 Å². The lowest BCUT2D eigenvalue weighted by Crippen LogP contribution is -2.29. The van der Waals surface area contributed by atoms with E-state index in [2.05, 4.69) is 52.2 Å². The quantitative estimate of drug-likeness (QED) is 0.758. The van der Waals surface area contributed by atoms with Crippen molar-refractivity contribution in [3.8, 4) is 6.07 Å². The third-order valence-electron chi connectivity index (χ3n) is 4.94. The van der Waals surface area contributed by atoms with Gasteiger partial charge in [-0.1, -0.05) is 30.4 Å². The van der Waals surface area contributed by atoms with Crippen LogP contribution in [0.4, 0.5) is 5.69 Å². The van der Waals surface area contributed by atoms with Crippen molar-refractivity contribution in [3.05, 3.63) is 77.1 Å². The number of rotatable bonds is 3. The summed E-state index contributed by atoms with van der Waals surface area (Å²) in [6.45, 7) is 4.05. The predicted molar refractivity (Wildman–Crippen MR) is 106 cm³/mol. The first-order valence-electron chi connectivity index (χ1n) is 8.79. The number of aryl methyl sites for hydroxylation is 1. The summed E-state index contributed by atoms with van der Waals surface area (Å²) in [5.41, 5.74) is 6.59. The van der Waals surface area contributed by atoms with Crippen LogP contribution in [0.15, 0.2) is 60.5 Å². The summed E-state index contributed by atoms with van der Waals surface area (Å²) in [4.78, 5) is 10.1. The average molecular weight is 340 g/mol. The summed E-state index contributed by atoms with van der Waals surface area (Å²) in [6, 6.07) is 11.9. The largest absolute Gasteiger partial charge is 0.366 e. The molecule has 3 aromatic rings. The molecule has 0 fully saturated rings. The van der Waals surface area contributed by atoms with Crippen LogP contribution in [-0.2, 0) is 0 Å². The molecule has 128 valence electrons. The van der Waals surface area contributed by atoms with Crippen molar-refractivity contribution in [1.82, 2.24) is 9.97 Å². The van der Waals surface area contributed by atoms with Gasteiger partial charge >= 0.3 is 0 Å². The Hall–Kier alpha value is -3.32. The number of pyridine rings is 1. The molecule has 2 aromatic heterocycles. The molecular formula is C22H20N4. The molecule has 0 unspecified atom stereocenters. The lowest BCUT2D eigenvalue weighted by Gasteiger charge is -2.29. The summed E-state index contributed by atoms with van der Waals surface area (Å²) in [6.07, 6.45) is 11.5. The van der Waals surface area contributed by atoms with E-state index in [-0.39, 0.29) is 0 Å². The number of hydrogen-bond acceptors (Lipinski definition) is 3. The molecule has 0 atom stereocenters. The molecule has 4 heteroatoms. The van der Waals surface area contributed by atoms with Crippen molar-refractivity contribution in [2.45, 2.75) is 13.3 Å². The van der Waals surface area contributed by atoms with Gasteiger partial charge in [0.05, 0.1) is 23.5 Å². The molecule has 1 aliphatic rings. The number of nitrogens with zero attached hydrogens (tertiary/aromatic N) is 3. The normalized spacial score (nSPS) is 14.6. The number of aromatic amines is 1. The molecule has 0 saturated carbocycles. The zero-order valence-electron chi connectivity index (χ0n) is 14.7. The highest BCUT2D eigenvalue weighted by atomic mass is 15.1. The fraction of sp³-hybridized carbons (Fsp3) is 0.182. The van der Waals surface area contributed by atoms with E-state index in [0.717, 1.165) is 30.7 Å². The topological polar surface area (TPSA) is 55.7 Å². The minimum absolute atomic E-state index is 0.693. The molecule has 0 spiro atoms. The highest BCUT2D eigenvalue weighted by Gasteiger charge is 2.15. The first-order chi connectivity index (χ1) is 12.7. The van der Waals surface area contributed by atoms with E-state index in [9.17, 15) is 0 Å². The van der Waals surface area contributed by atoms with E-state index in [4.69, 9.17) is 5.26 Å². The van der Waals surface area contributed by atoms with Crippen LogP contribution in [-0.4, -0.2) is 23.1 Å². The van der Waals surface area contributed by atoms with E-state index >= 15 is 0 Å². The number of fused-ring (bicyclic) bond motifs is 1. The first-order valence-corrected chi connectivity index (χ1v) is 8.79. The number of H-pyrrole nitrogens is 1. The summed E-state index contributed by atoms with van der Waals surface area (Å²) < 4.78 is 0. The Kier molecular flexibility index (Phi) is 4.28. The van der Waals surface area contributed by atoms with Gasteiger partial charge in [-0.2, -0.15) is 5.26 Å². The molecule has 1 aliphatic heterocycles. The molecule has 1 aromatic carbocycles. The lowest BCUT2D eigenvalue weighted by atomic mass is 10.0. The Bertz CT molecular complexity index is 1030. The van der Waals surface area contributed by atoms with Crippen LogP contribution in [0, 0.1) is 18.3 Å². The molecular weight excluding hydrogens is 320 g/mol. The fourth-order valence-electron chi connectivity index (χ4n) is 3.38. The van der Waals surface area contributed by atoms with Crippen molar-refractivity contribution in [1.29, 1.82) is 5.26 Å². The molecule has 0 saturated heterocycles. The highest BCUT2D eigenvalue weighted by Crippen LogP contribution is 2.28. The van der Waals surface area contributed by atoms with Crippen molar-refractivity contribution in [2.24, 2.45) is 0 Å². The Morgan fingerprint density at radius 1 is 1.19 bits per heavy atom. The van der Waals surface area contributed by atoms with Gasteiger partial charge in [-0.25, -0.2) is 4.98 Å². The van der Waals surface area contributed by atoms with Gasteiger partial charge in [-0.05, 0) is 48.2 Å². The monoisotopic (exact) mass is 340 g/mol. The zero-order valence-corrected chi connectivity index (χ0v) is 14.7. The third kappa shape index (κ3) is 3.12. The van der Waals surface area contributed by atoms with Crippen molar-refractivity contribution >= 4 is 22.8 Å². The molecule has 4 rings (SSSR count). The number of nitriles is 1. The van der Waals surface area contributed by atoms with Gasteiger partial charge in [0, 0.05) is 24.7 Å². The lowest BCUT2D eigenvalue weighted by molar-refractivity contribution is 0.797. The number of benzene rings is 1. The maximum absolute atomic E-state index is 8.86. The van der Waals surface area contributed by atoms with Crippen molar-refractivity contribution < 1.29 is 0 Å². The van der Waals surface area contributed by atoms with Crippen LogP contribution in [0.1, 0.15) is 23.1 Å². The van der Waals surface area contributed by atoms with Gasteiger partial charge in [-0.15, -0.1) is 0 Å². The maximum atomic E-state index is 8.86. The van der Waals surface area contributed by atoms with E-state index in [1.807, 2.05) is 36.7 Å². The molecule has 0 radical (unpaired) electrons. The average Bonchev–Trinajstić information content (AvgIpc) is 3.17. The minimum Gasteiger partial charge on any atom is -0.366 e. The second-order valence-corrected chi connectivity index (χ2v) is 6.55. The Morgan fingerprint density at radius 2 is 2.04 bits per heavy atom. The number of allylic oxidation sites excluding steroid dienone is 1. The molecule has 0 bridgehead atoms. The fourth-order valence-corrected chi connectivity index (χ4v) is 3.38. The standard InChI is InChI=1S/C22H20N4/c1-16-20-8-11-24-22(20)25-15-21(16)26-12-9-18(10-13-26)3-2-17-4-6-19(14-23)7-5-17/h2-9,11,15H,10,12-13H2,1H3,(H,24,25). The van der Waals surface area contributed by atoms with E-state index in [1.54, 1.807) is 0 Å². The Labute approximate surface area is 153 Å². The van der Waals surface area contributed by atoms with Gasteiger partial charge < -0.3 is 9.88 Å². The molecule has 3 heterocycles.